The van der Waals surface area contributed by atoms with Crippen LogP contribution in [0.25, 0.3) is 0 Å². The first kappa shape index (κ1) is 18.8. The Bertz CT molecular complexity index is 774. The number of anilines is 1. The van der Waals surface area contributed by atoms with Gasteiger partial charge >= 0.3 is 0 Å². The number of hydrogen-bond acceptors (Lipinski definition) is 4. The molecule has 0 radical (unpaired) electrons. The lowest BCUT2D eigenvalue weighted by Crippen LogP contribution is -2.48. The second-order valence-electron chi connectivity index (χ2n) is 6.40. The quantitative estimate of drug-likeness (QED) is 0.734. The molecule has 25 heavy (non-hydrogen) atoms. The molecule has 0 saturated carbocycles. The fraction of sp³-hybridized carbons (Fsp3) is 0.588. The standard InChI is InChI=1S/C17H24BrN3O3S/c1-3-16(22)21-6-5-13-11-14(18)12-15(17(13)21)25(23,24)20-9-7-19(4-2)8-10-20/h11-12H,3-10H2,1-2H3. The van der Waals surface area contributed by atoms with Crippen LogP contribution in [0, 0.1) is 0 Å². The van der Waals surface area contributed by atoms with Crippen LogP contribution in [0.2, 0.25) is 0 Å². The Morgan fingerprint density at radius 3 is 2.40 bits per heavy atom. The molecular formula is C17H24BrN3O3S. The number of fused-ring (bicyclic) bond motifs is 1. The third-order valence-electron chi connectivity index (χ3n) is 4.99. The predicted octanol–water partition coefficient (Wildman–Crippen LogP) is 2.07. The summed E-state index contributed by atoms with van der Waals surface area (Å²) < 4.78 is 28.9. The first-order valence-electron chi connectivity index (χ1n) is 8.73. The second-order valence-corrected chi connectivity index (χ2v) is 9.22. The highest BCUT2D eigenvalue weighted by molar-refractivity contribution is 9.10. The average molecular weight is 430 g/mol. The third-order valence-corrected chi connectivity index (χ3v) is 7.36. The van der Waals surface area contributed by atoms with E-state index in [0.717, 1.165) is 29.7 Å². The number of rotatable bonds is 4. The number of amides is 1. The minimum absolute atomic E-state index is 0.0340. The van der Waals surface area contributed by atoms with E-state index in [1.165, 1.54) is 0 Å². The molecule has 138 valence electrons. The number of likely N-dealkylation sites (N-methyl/N-ethyl adjacent to an activating group) is 1. The van der Waals surface area contributed by atoms with E-state index in [-0.39, 0.29) is 10.8 Å². The molecule has 0 unspecified atom stereocenters. The van der Waals surface area contributed by atoms with E-state index in [1.807, 2.05) is 6.07 Å². The minimum atomic E-state index is -3.63. The van der Waals surface area contributed by atoms with E-state index in [4.69, 9.17) is 0 Å². The van der Waals surface area contributed by atoms with Gasteiger partial charge in [0.2, 0.25) is 15.9 Å². The second kappa shape index (κ2) is 7.34. The molecule has 2 aliphatic rings. The van der Waals surface area contributed by atoms with E-state index < -0.39 is 10.0 Å². The first-order valence-corrected chi connectivity index (χ1v) is 11.0. The zero-order valence-electron chi connectivity index (χ0n) is 14.7. The number of hydrogen-bond donors (Lipinski definition) is 0. The van der Waals surface area contributed by atoms with Gasteiger partial charge in [-0.1, -0.05) is 29.8 Å². The lowest BCUT2D eigenvalue weighted by atomic mass is 10.2. The Morgan fingerprint density at radius 2 is 1.80 bits per heavy atom. The van der Waals surface area contributed by atoms with E-state index in [0.29, 0.717) is 38.2 Å². The molecule has 2 heterocycles. The number of piperazine rings is 1. The van der Waals surface area contributed by atoms with E-state index in [1.54, 1.807) is 22.2 Å². The van der Waals surface area contributed by atoms with Gasteiger partial charge in [-0.25, -0.2) is 8.42 Å². The van der Waals surface area contributed by atoms with Crippen molar-refractivity contribution in [1.29, 1.82) is 0 Å². The summed E-state index contributed by atoms with van der Waals surface area (Å²) in [6.07, 6.45) is 1.05. The summed E-state index contributed by atoms with van der Waals surface area (Å²) in [6, 6.07) is 3.56. The Labute approximate surface area is 158 Å². The highest BCUT2D eigenvalue weighted by atomic mass is 79.9. The number of sulfonamides is 1. The summed E-state index contributed by atoms with van der Waals surface area (Å²) in [4.78, 5) is 16.4. The van der Waals surface area contributed by atoms with Gasteiger partial charge in [0.1, 0.15) is 4.90 Å². The molecule has 0 spiro atoms. The number of benzene rings is 1. The van der Waals surface area contributed by atoms with Crippen molar-refractivity contribution in [3.05, 3.63) is 22.2 Å². The SMILES string of the molecule is CCC(=O)N1CCc2cc(Br)cc(S(=O)(=O)N3CCN(CC)CC3)c21. The molecule has 1 fully saturated rings. The normalized spacial score (nSPS) is 19.2. The highest BCUT2D eigenvalue weighted by Gasteiger charge is 2.36. The molecule has 0 bridgehead atoms. The van der Waals surface area contributed by atoms with Crippen LogP contribution in [0.3, 0.4) is 0 Å². The minimum Gasteiger partial charge on any atom is -0.310 e. The average Bonchev–Trinajstić information content (AvgIpc) is 3.03. The van der Waals surface area contributed by atoms with Gasteiger partial charge < -0.3 is 9.80 Å². The van der Waals surface area contributed by atoms with Crippen molar-refractivity contribution >= 4 is 37.5 Å². The number of carbonyl (C=O) groups is 1. The Kier molecular flexibility index (Phi) is 5.53. The molecule has 1 aromatic rings. The van der Waals surface area contributed by atoms with E-state index in [9.17, 15) is 13.2 Å². The lowest BCUT2D eigenvalue weighted by Gasteiger charge is -2.34. The molecule has 3 rings (SSSR count). The molecule has 1 amide bonds. The third kappa shape index (κ3) is 3.49. The summed E-state index contributed by atoms with van der Waals surface area (Å²) in [5.74, 6) is -0.0340. The summed E-state index contributed by atoms with van der Waals surface area (Å²) in [7, 11) is -3.63. The fourth-order valence-corrected chi connectivity index (χ4v) is 5.87. The highest BCUT2D eigenvalue weighted by Crippen LogP contribution is 2.39. The molecule has 1 aromatic carbocycles. The molecule has 1 saturated heterocycles. The summed E-state index contributed by atoms with van der Waals surface area (Å²) in [5, 5.41) is 0. The van der Waals surface area contributed by atoms with Crippen LogP contribution in [0.1, 0.15) is 25.8 Å². The zero-order chi connectivity index (χ0) is 18.2. The van der Waals surface area contributed by atoms with Gasteiger partial charge in [0.25, 0.3) is 0 Å². The van der Waals surface area contributed by atoms with Crippen molar-refractivity contribution in [3.8, 4) is 0 Å². The van der Waals surface area contributed by atoms with Crippen LogP contribution in [-0.2, 0) is 21.2 Å². The lowest BCUT2D eigenvalue weighted by molar-refractivity contribution is -0.118. The maximum atomic E-state index is 13.3. The van der Waals surface area contributed by atoms with Gasteiger partial charge in [0.05, 0.1) is 5.69 Å². The molecule has 0 N–H and O–H groups in total. The van der Waals surface area contributed by atoms with Crippen molar-refractivity contribution in [3.63, 3.8) is 0 Å². The molecule has 8 heteroatoms. The van der Waals surface area contributed by atoms with Crippen molar-refractivity contribution < 1.29 is 13.2 Å². The van der Waals surface area contributed by atoms with Crippen LogP contribution in [0.15, 0.2) is 21.5 Å². The smallest absolute Gasteiger partial charge is 0.245 e. The molecular weight excluding hydrogens is 406 g/mol. The Morgan fingerprint density at radius 1 is 1.12 bits per heavy atom. The number of halogens is 1. The summed E-state index contributed by atoms with van der Waals surface area (Å²) in [5.41, 5.74) is 1.50. The van der Waals surface area contributed by atoms with Gasteiger partial charge in [-0.3, -0.25) is 4.79 Å². The monoisotopic (exact) mass is 429 g/mol. The van der Waals surface area contributed by atoms with Gasteiger partial charge in [-0.15, -0.1) is 0 Å². The van der Waals surface area contributed by atoms with Gasteiger partial charge in [0, 0.05) is 43.6 Å². The topological polar surface area (TPSA) is 60.9 Å². The van der Waals surface area contributed by atoms with E-state index >= 15 is 0 Å². The van der Waals surface area contributed by atoms with Gasteiger partial charge in [-0.05, 0) is 30.7 Å². The van der Waals surface area contributed by atoms with Crippen molar-refractivity contribution in [2.45, 2.75) is 31.6 Å². The van der Waals surface area contributed by atoms with Crippen molar-refractivity contribution in [2.24, 2.45) is 0 Å². The Hall–Kier alpha value is -0.960. The van der Waals surface area contributed by atoms with Crippen LogP contribution in [0.4, 0.5) is 5.69 Å². The van der Waals surface area contributed by atoms with Crippen molar-refractivity contribution in [2.75, 3.05) is 44.2 Å². The van der Waals surface area contributed by atoms with Crippen LogP contribution in [0.5, 0.6) is 0 Å². The molecule has 6 nitrogen and oxygen atoms in total. The molecule has 0 aromatic heterocycles. The number of carbonyl (C=O) groups excluding carboxylic acids is 1. The van der Waals surface area contributed by atoms with Gasteiger partial charge in [-0.2, -0.15) is 4.31 Å². The Balaban J connectivity index is 2.01. The summed E-state index contributed by atoms with van der Waals surface area (Å²) in [6.45, 7) is 7.81. The first-order chi connectivity index (χ1) is 11.9. The van der Waals surface area contributed by atoms with Crippen LogP contribution in [-0.4, -0.2) is 62.8 Å². The zero-order valence-corrected chi connectivity index (χ0v) is 17.1. The number of nitrogens with zero attached hydrogens (tertiary/aromatic N) is 3. The fourth-order valence-electron chi connectivity index (χ4n) is 3.53. The molecule has 0 atom stereocenters. The van der Waals surface area contributed by atoms with Gasteiger partial charge in [0.15, 0.2) is 0 Å². The van der Waals surface area contributed by atoms with Crippen LogP contribution < -0.4 is 4.90 Å². The predicted molar refractivity (Wildman–Crippen MR) is 101 cm³/mol. The maximum Gasteiger partial charge on any atom is 0.245 e. The van der Waals surface area contributed by atoms with E-state index in [2.05, 4.69) is 27.8 Å². The van der Waals surface area contributed by atoms with Crippen molar-refractivity contribution in [1.82, 2.24) is 9.21 Å². The summed E-state index contributed by atoms with van der Waals surface area (Å²) >= 11 is 3.43. The van der Waals surface area contributed by atoms with Crippen LogP contribution >= 0.6 is 15.9 Å². The molecule has 2 aliphatic heterocycles. The largest absolute Gasteiger partial charge is 0.310 e. The molecule has 0 aliphatic carbocycles. The maximum absolute atomic E-state index is 13.3.